The second-order valence-corrected chi connectivity index (χ2v) is 8.61. The Hall–Kier alpha value is -3.91. The summed E-state index contributed by atoms with van der Waals surface area (Å²) in [4.78, 5) is 22.6. The molecule has 0 atom stereocenters. The first-order chi connectivity index (χ1) is 16.5. The SMILES string of the molecule is Cn1c(Nc2cccc(CCN3CCCC3)c2)nc2cc(Oc3ccnc(C(N)=O)c3)ccc21. The zero-order valence-corrected chi connectivity index (χ0v) is 19.2. The number of aromatic nitrogens is 3. The van der Waals surface area contributed by atoms with Crippen LogP contribution < -0.4 is 15.8 Å². The van der Waals surface area contributed by atoms with Gasteiger partial charge in [-0.2, -0.15) is 0 Å². The van der Waals surface area contributed by atoms with E-state index in [2.05, 4.69) is 39.5 Å². The van der Waals surface area contributed by atoms with Gasteiger partial charge in [0.05, 0.1) is 11.0 Å². The van der Waals surface area contributed by atoms with Crippen LogP contribution in [0.5, 0.6) is 11.5 Å². The lowest BCUT2D eigenvalue weighted by molar-refractivity contribution is 0.0995. The van der Waals surface area contributed by atoms with Crippen LogP contribution in [0.3, 0.4) is 0 Å². The molecule has 0 radical (unpaired) electrons. The van der Waals surface area contributed by atoms with Gasteiger partial charge in [0.2, 0.25) is 5.95 Å². The second kappa shape index (κ2) is 9.52. The zero-order chi connectivity index (χ0) is 23.5. The number of primary amides is 1. The number of carbonyl (C=O) groups excluding carboxylic acids is 1. The molecular weight excluding hydrogens is 428 g/mol. The lowest BCUT2D eigenvalue weighted by Gasteiger charge is -2.14. The summed E-state index contributed by atoms with van der Waals surface area (Å²) in [6.07, 6.45) is 5.18. The molecule has 174 valence electrons. The lowest BCUT2D eigenvalue weighted by Crippen LogP contribution is -2.21. The Balaban J connectivity index is 1.31. The van der Waals surface area contributed by atoms with Crippen molar-refractivity contribution in [1.29, 1.82) is 0 Å². The molecule has 1 aliphatic rings. The molecule has 0 spiro atoms. The molecule has 1 amide bonds. The molecule has 0 bridgehead atoms. The molecule has 0 unspecified atom stereocenters. The first-order valence-electron chi connectivity index (χ1n) is 11.5. The Morgan fingerprint density at radius 3 is 2.74 bits per heavy atom. The van der Waals surface area contributed by atoms with Crippen LogP contribution in [-0.4, -0.2) is 45.0 Å². The molecule has 4 aromatic rings. The van der Waals surface area contributed by atoms with Crippen LogP contribution in [0.1, 0.15) is 28.9 Å². The molecule has 3 heterocycles. The van der Waals surface area contributed by atoms with Gasteiger partial charge in [-0.05, 0) is 68.2 Å². The number of nitrogens with one attached hydrogen (secondary N) is 1. The van der Waals surface area contributed by atoms with Crippen LogP contribution in [0, 0.1) is 0 Å². The molecule has 5 rings (SSSR count). The molecule has 1 aliphatic heterocycles. The van der Waals surface area contributed by atoms with Crippen molar-refractivity contribution in [3.63, 3.8) is 0 Å². The lowest BCUT2D eigenvalue weighted by atomic mass is 10.1. The number of hydrogen-bond acceptors (Lipinski definition) is 6. The van der Waals surface area contributed by atoms with Crippen LogP contribution in [0.15, 0.2) is 60.8 Å². The molecule has 0 saturated carbocycles. The minimum absolute atomic E-state index is 0.158. The normalized spacial score (nSPS) is 13.9. The number of fused-ring (bicyclic) bond motifs is 1. The number of aryl methyl sites for hydroxylation is 1. The first-order valence-corrected chi connectivity index (χ1v) is 11.5. The highest BCUT2D eigenvalue weighted by Crippen LogP contribution is 2.28. The molecule has 34 heavy (non-hydrogen) atoms. The van der Waals surface area contributed by atoms with Crippen molar-refractivity contribution in [2.24, 2.45) is 12.8 Å². The highest BCUT2D eigenvalue weighted by Gasteiger charge is 2.13. The maximum absolute atomic E-state index is 11.4. The number of ether oxygens (including phenoxy) is 1. The van der Waals surface area contributed by atoms with E-state index in [-0.39, 0.29) is 5.69 Å². The van der Waals surface area contributed by atoms with Gasteiger partial charge in [0.15, 0.2) is 0 Å². The number of nitrogens with zero attached hydrogens (tertiary/aromatic N) is 4. The quantitative estimate of drug-likeness (QED) is 0.412. The smallest absolute Gasteiger partial charge is 0.267 e. The van der Waals surface area contributed by atoms with E-state index in [1.165, 1.54) is 43.8 Å². The van der Waals surface area contributed by atoms with Gasteiger partial charge in [0.25, 0.3) is 5.91 Å². The molecule has 8 heteroatoms. The Kier molecular flexibility index (Phi) is 6.14. The molecular formula is C26H28N6O2. The van der Waals surface area contributed by atoms with Gasteiger partial charge in [-0.25, -0.2) is 4.98 Å². The van der Waals surface area contributed by atoms with Gasteiger partial charge in [-0.15, -0.1) is 0 Å². The summed E-state index contributed by atoms with van der Waals surface area (Å²) in [5, 5.41) is 3.46. The molecule has 2 aromatic heterocycles. The molecule has 1 saturated heterocycles. The first kappa shape index (κ1) is 21.9. The topological polar surface area (TPSA) is 98.3 Å². The highest BCUT2D eigenvalue weighted by molar-refractivity contribution is 5.91. The largest absolute Gasteiger partial charge is 0.457 e. The maximum Gasteiger partial charge on any atom is 0.267 e. The average molecular weight is 457 g/mol. The summed E-state index contributed by atoms with van der Waals surface area (Å²) in [6.45, 7) is 3.55. The van der Waals surface area contributed by atoms with Crippen molar-refractivity contribution >= 4 is 28.6 Å². The van der Waals surface area contributed by atoms with E-state index in [9.17, 15) is 4.79 Å². The third-order valence-electron chi connectivity index (χ3n) is 6.17. The van der Waals surface area contributed by atoms with E-state index in [1.807, 2.05) is 29.8 Å². The Morgan fingerprint density at radius 1 is 1.09 bits per heavy atom. The summed E-state index contributed by atoms with van der Waals surface area (Å²) in [5.41, 5.74) is 9.59. The molecule has 0 aliphatic carbocycles. The van der Waals surface area contributed by atoms with E-state index >= 15 is 0 Å². The number of nitrogens with two attached hydrogens (primary N) is 1. The molecule has 1 fully saturated rings. The number of imidazole rings is 1. The Bertz CT molecular complexity index is 1330. The number of amides is 1. The standard InChI is InChI=1S/C26H28N6O2/c1-31-24-8-7-20(34-21-9-11-28-23(17-21)25(27)33)16-22(24)30-26(31)29-19-6-4-5-18(15-19)10-14-32-12-2-3-13-32/h4-9,11,15-17H,2-3,10,12-14H2,1H3,(H2,27,33)(H,29,30). The van der Waals surface area contributed by atoms with Crippen LogP contribution >= 0.6 is 0 Å². The van der Waals surface area contributed by atoms with Crippen molar-refractivity contribution in [2.45, 2.75) is 19.3 Å². The summed E-state index contributed by atoms with van der Waals surface area (Å²) in [6, 6.07) is 17.4. The second-order valence-electron chi connectivity index (χ2n) is 8.61. The van der Waals surface area contributed by atoms with Crippen molar-refractivity contribution in [2.75, 3.05) is 25.0 Å². The van der Waals surface area contributed by atoms with Crippen LogP contribution in [0.25, 0.3) is 11.0 Å². The zero-order valence-electron chi connectivity index (χ0n) is 19.2. The van der Waals surface area contributed by atoms with Crippen LogP contribution in [0.4, 0.5) is 11.6 Å². The van der Waals surface area contributed by atoms with Crippen molar-refractivity contribution in [1.82, 2.24) is 19.4 Å². The van der Waals surface area contributed by atoms with Crippen molar-refractivity contribution in [3.8, 4) is 11.5 Å². The van der Waals surface area contributed by atoms with Crippen LogP contribution in [0.2, 0.25) is 0 Å². The predicted octanol–water partition coefficient (Wildman–Crippen LogP) is 4.24. The highest BCUT2D eigenvalue weighted by atomic mass is 16.5. The van der Waals surface area contributed by atoms with Crippen molar-refractivity contribution in [3.05, 3.63) is 72.1 Å². The number of benzene rings is 2. The Labute approximate surface area is 198 Å². The van der Waals surface area contributed by atoms with E-state index in [0.29, 0.717) is 11.5 Å². The van der Waals surface area contributed by atoms with E-state index in [4.69, 9.17) is 15.5 Å². The predicted molar refractivity (Wildman–Crippen MR) is 133 cm³/mol. The fraction of sp³-hybridized carbons (Fsp3) is 0.269. The fourth-order valence-corrected chi connectivity index (χ4v) is 4.33. The number of hydrogen-bond donors (Lipinski definition) is 2. The van der Waals surface area contributed by atoms with Gasteiger partial charge in [0, 0.05) is 37.6 Å². The number of carbonyl (C=O) groups is 1. The third kappa shape index (κ3) is 4.87. The monoisotopic (exact) mass is 456 g/mol. The van der Waals surface area contributed by atoms with Gasteiger partial charge in [-0.1, -0.05) is 12.1 Å². The van der Waals surface area contributed by atoms with E-state index < -0.39 is 5.91 Å². The molecule has 3 N–H and O–H groups in total. The number of pyridine rings is 1. The number of anilines is 2. The minimum atomic E-state index is -0.596. The van der Waals surface area contributed by atoms with Crippen LogP contribution in [-0.2, 0) is 13.5 Å². The molecule has 2 aromatic carbocycles. The maximum atomic E-state index is 11.4. The van der Waals surface area contributed by atoms with Crippen molar-refractivity contribution < 1.29 is 9.53 Å². The van der Waals surface area contributed by atoms with E-state index in [1.54, 1.807) is 6.07 Å². The number of likely N-dealkylation sites (tertiary alicyclic amines) is 1. The summed E-state index contributed by atoms with van der Waals surface area (Å²) in [5.74, 6) is 1.26. The summed E-state index contributed by atoms with van der Waals surface area (Å²) >= 11 is 0. The third-order valence-corrected chi connectivity index (χ3v) is 6.17. The summed E-state index contributed by atoms with van der Waals surface area (Å²) in [7, 11) is 1.98. The number of rotatable bonds is 8. The van der Waals surface area contributed by atoms with Gasteiger partial charge >= 0.3 is 0 Å². The van der Waals surface area contributed by atoms with Gasteiger partial charge in [-0.3, -0.25) is 9.78 Å². The van der Waals surface area contributed by atoms with Gasteiger partial charge in [0.1, 0.15) is 17.2 Å². The van der Waals surface area contributed by atoms with E-state index in [0.717, 1.165) is 35.6 Å². The fourth-order valence-electron chi connectivity index (χ4n) is 4.33. The Morgan fingerprint density at radius 2 is 1.91 bits per heavy atom. The molecule has 8 nitrogen and oxygen atoms in total. The summed E-state index contributed by atoms with van der Waals surface area (Å²) < 4.78 is 7.93. The minimum Gasteiger partial charge on any atom is -0.457 e. The average Bonchev–Trinajstić information content (AvgIpc) is 3.46. The van der Waals surface area contributed by atoms with Gasteiger partial charge < -0.3 is 25.3 Å².